The summed E-state index contributed by atoms with van der Waals surface area (Å²) in [7, 11) is 0. The average molecular weight is 458 g/mol. The summed E-state index contributed by atoms with van der Waals surface area (Å²) in [5.41, 5.74) is 7.88. The summed E-state index contributed by atoms with van der Waals surface area (Å²) in [5, 5.41) is 9.61. The first-order valence-electron chi connectivity index (χ1n) is 9.88. The van der Waals surface area contributed by atoms with Crippen molar-refractivity contribution in [3.63, 3.8) is 0 Å². The lowest BCUT2D eigenvalue weighted by molar-refractivity contribution is 0.144. The normalized spacial score (nSPS) is 11.4. The molecule has 2 aromatic carbocycles. The highest BCUT2D eigenvalue weighted by Gasteiger charge is 2.18. The summed E-state index contributed by atoms with van der Waals surface area (Å²) in [5.74, 6) is 2.74. The fourth-order valence-corrected chi connectivity index (χ4v) is 3.91. The van der Waals surface area contributed by atoms with Crippen molar-refractivity contribution in [2.24, 2.45) is 5.73 Å². The van der Waals surface area contributed by atoms with E-state index < -0.39 is 18.2 Å². The number of nitrogens with two attached hydrogens (primary N) is 1. The molecule has 4 aromatic rings. The number of nitrogens with one attached hydrogen (secondary N) is 2. The minimum atomic E-state index is -0.930. The standard InChI is InChI=1S/C24H19N5O3S/c1-2-22-28-21(14-33-22)29-24(31)27-20(13-32-23(25)30)17-8-6-16(7-9-17)18-5-3-4-15-10-11-26-12-19(15)18/h1,3-12,14,20H,13H2,(H2,25,30)(H2,27,29,31)/t20-/m0/s1. The Hall–Kier alpha value is -4.42. The van der Waals surface area contributed by atoms with Gasteiger partial charge in [0.1, 0.15) is 12.4 Å². The summed E-state index contributed by atoms with van der Waals surface area (Å²) in [6, 6.07) is 14.4. The Balaban J connectivity index is 1.54. The molecule has 2 aromatic heterocycles. The summed E-state index contributed by atoms with van der Waals surface area (Å²) in [4.78, 5) is 32.0. The van der Waals surface area contributed by atoms with Crippen molar-refractivity contribution in [2.45, 2.75) is 6.04 Å². The number of carbonyl (C=O) groups excluding carboxylic acids is 2. The first-order valence-corrected chi connectivity index (χ1v) is 10.8. The Kier molecular flexibility index (Phi) is 6.48. The van der Waals surface area contributed by atoms with Crippen LogP contribution in [-0.2, 0) is 4.74 Å². The second kappa shape index (κ2) is 9.80. The Morgan fingerprint density at radius 1 is 1.18 bits per heavy atom. The van der Waals surface area contributed by atoms with Crippen LogP contribution in [0.25, 0.3) is 21.9 Å². The lowest BCUT2D eigenvalue weighted by Gasteiger charge is -2.19. The van der Waals surface area contributed by atoms with Gasteiger partial charge in [0.15, 0.2) is 5.01 Å². The fourth-order valence-electron chi connectivity index (χ4n) is 3.35. The van der Waals surface area contributed by atoms with E-state index >= 15 is 0 Å². The number of nitrogens with zero attached hydrogens (tertiary/aromatic N) is 2. The zero-order valence-electron chi connectivity index (χ0n) is 17.3. The number of amides is 3. The van der Waals surface area contributed by atoms with Gasteiger partial charge in [-0.2, -0.15) is 0 Å². The summed E-state index contributed by atoms with van der Waals surface area (Å²) in [6.07, 6.45) is 7.97. The third kappa shape index (κ3) is 5.26. The van der Waals surface area contributed by atoms with Gasteiger partial charge in [-0.1, -0.05) is 42.5 Å². The van der Waals surface area contributed by atoms with Crippen molar-refractivity contribution >= 4 is 40.1 Å². The lowest BCUT2D eigenvalue weighted by Crippen LogP contribution is -2.36. The Labute approximate surface area is 193 Å². The highest BCUT2D eigenvalue weighted by molar-refractivity contribution is 7.10. The van der Waals surface area contributed by atoms with E-state index in [-0.39, 0.29) is 6.61 Å². The third-order valence-corrected chi connectivity index (χ3v) is 5.65. The zero-order valence-corrected chi connectivity index (χ0v) is 18.1. The molecule has 8 nitrogen and oxygen atoms in total. The second-order valence-corrected chi connectivity index (χ2v) is 7.85. The molecule has 1 atom stereocenters. The van der Waals surface area contributed by atoms with Gasteiger partial charge in [-0.25, -0.2) is 14.6 Å². The first-order chi connectivity index (χ1) is 16.0. The number of primary amides is 1. The van der Waals surface area contributed by atoms with Crippen molar-refractivity contribution in [3.8, 4) is 23.5 Å². The Morgan fingerprint density at radius 2 is 2.00 bits per heavy atom. The van der Waals surface area contributed by atoms with Gasteiger partial charge in [-0.15, -0.1) is 17.8 Å². The molecule has 0 aliphatic rings. The van der Waals surface area contributed by atoms with Gasteiger partial charge in [-0.05, 0) is 34.1 Å². The van der Waals surface area contributed by atoms with Crippen LogP contribution in [-0.4, -0.2) is 28.7 Å². The summed E-state index contributed by atoms with van der Waals surface area (Å²) < 4.78 is 4.95. The van der Waals surface area contributed by atoms with E-state index in [0.717, 1.165) is 27.5 Å². The highest BCUT2D eigenvalue weighted by atomic mass is 32.1. The van der Waals surface area contributed by atoms with Gasteiger partial charge in [0, 0.05) is 23.2 Å². The third-order valence-electron chi connectivity index (χ3n) is 4.87. The van der Waals surface area contributed by atoms with Crippen molar-refractivity contribution in [1.29, 1.82) is 0 Å². The minimum Gasteiger partial charge on any atom is -0.447 e. The molecule has 2 heterocycles. The molecule has 0 saturated heterocycles. The molecule has 4 rings (SSSR count). The summed E-state index contributed by atoms with van der Waals surface area (Å²) in [6.45, 7) is -0.132. The molecular formula is C24H19N5O3S. The van der Waals surface area contributed by atoms with E-state index in [1.54, 1.807) is 11.6 Å². The van der Waals surface area contributed by atoms with Crippen LogP contribution in [0.3, 0.4) is 0 Å². The number of urea groups is 1. The number of hydrogen-bond acceptors (Lipinski definition) is 6. The maximum Gasteiger partial charge on any atom is 0.404 e. The maximum atomic E-state index is 12.5. The molecular weight excluding hydrogens is 438 g/mol. The monoisotopic (exact) mass is 457 g/mol. The molecule has 4 N–H and O–H groups in total. The van der Waals surface area contributed by atoms with Crippen LogP contribution in [0.1, 0.15) is 16.6 Å². The number of carbonyl (C=O) groups is 2. The van der Waals surface area contributed by atoms with E-state index in [1.165, 1.54) is 11.3 Å². The molecule has 0 aliphatic heterocycles. The molecule has 0 bridgehead atoms. The molecule has 33 heavy (non-hydrogen) atoms. The van der Waals surface area contributed by atoms with Gasteiger partial charge in [0.05, 0.1) is 6.04 Å². The Bertz CT molecular complexity index is 1340. The highest BCUT2D eigenvalue weighted by Crippen LogP contribution is 2.29. The van der Waals surface area contributed by atoms with Crippen LogP contribution in [0.4, 0.5) is 15.4 Å². The number of thiazole rings is 1. The van der Waals surface area contributed by atoms with E-state index in [2.05, 4.69) is 26.5 Å². The fraction of sp³-hybridized carbons (Fsp3) is 0.0833. The molecule has 0 radical (unpaired) electrons. The van der Waals surface area contributed by atoms with Crippen LogP contribution < -0.4 is 16.4 Å². The molecule has 9 heteroatoms. The van der Waals surface area contributed by atoms with Crippen LogP contribution in [0.5, 0.6) is 0 Å². The van der Waals surface area contributed by atoms with E-state index in [0.29, 0.717) is 10.8 Å². The number of fused-ring (bicyclic) bond motifs is 1. The first kappa shape index (κ1) is 21.8. The number of terminal acetylenes is 1. The van der Waals surface area contributed by atoms with Crippen molar-refractivity contribution in [2.75, 3.05) is 11.9 Å². The Morgan fingerprint density at radius 3 is 2.73 bits per heavy atom. The van der Waals surface area contributed by atoms with Crippen LogP contribution in [0, 0.1) is 12.3 Å². The van der Waals surface area contributed by atoms with Crippen LogP contribution in [0.15, 0.2) is 66.3 Å². The van der Waals surface area contributed by atoms with Crippen LogP contribution >= 0.6 is 11.3 Å². The van der Waals surface area contributed by atoms with Crippen molar-refractivity contribution in [3.05, 3.63) is 76.9 Å². The number of hydrogen-bond donors (Lipinski definition) is 3. The number of anilines is 1. The van der Waals surface area contributed by atoms with E-state index in [4.69, 9.17) is 16.9 Å². The predicted octanol–water partition coefficient (Wildman–Crippen LogP) is 4.30. The zero-order chi connectivity index (χ0) is 23.2. The molecule has 0 aliphatic carbocycles. The molecule has 0 saturated carbocycles. The van der Waals surface area contributed by atoms with Gasteiger partial charge in [-0.3, -0.25) is 10.3 Å². The van der Waals surface area contributed by atoms with E-state index in [1.807, 2.05) is 54.7 Å². The maximum absolute atomic E-state index is 12.5. The number of pyridine rings is 1. The predicted molar refractivity (Wildman–Crippen MR) is 128 cm³/mol. The molecule has 0 unspecified atom stereocenters. The van der Waals surface area contributed by atoms with Gasteiger partial charge in [0.2, 0.25) is 0 Å². The lowest BCUT2D eigenvalue weighted by atomic mass is 9.97. The van der Waals surface area contributed by atoms with Gasteiger partial charge >= 0.3 is 12.1 Å². The quantitative estimate of drug-likeness (QED) is 0.373. The van der Waals surface area contributed by atoms with Gasteiger partial charge < -0.3 is 15.8 Å². The topological polar surface area (TPSA) is 119 Å². The SMILES string of the molecule is C#Cc1nc(NC(=O)N[C@@H](COC(N)=O)c2ccc(-c3cccc4ccncc34)cc2)cs1. The van der Waals surface area contributed by atoms with Crippen molar-refractivity contribution < 1.29 is 14.3 Å². The number of ether oxygens (including phenoxy) is 1. The summed E-state index contributed by atoms with van der Waals surface area (Å²) >= 11 is 1.24. The number of rotatable bonds is 6. The van der Waals surface area contributed by atoms with Crippen molar-refractivity contribution in [1.82, 2.24) is 15.3 Å². The largest absolute Gasteiger partial charge is 0.447 e. The van der Waals surface area contributed by atoms with E-state index in [9.17, 15) is 9.59 Å². The molecule has 0 spiro atoms. The number of aromatic nitrogens is 2. The second-order valence-electron chi connectivity index (χ2n) is 6.99. The smallest absolute Gasteiger partial charge is 0.404 e. The molecule has 164 valence electrons. The van der Waals surface area contributed by atoms with Crippen LogP contribution in [0.2, 0.25) is 0 Å². The minimum absolute atomic E-state index is 0.132. The van der Waals surface area contributed by atoms with Gasteiger partial charge in [0.25, 0.3) is 0 Å². The number of benzene rings is 2. The molecule has 3 amide bonds. The molecule has 0 fully saturated rings. The average Bonchev–Trinajstić information content (AvgIpc) is 3.29.